The average Bonchev–Trinajstić information content (AvgIpc) is 2.65. The van der Waals surface area contributed by atoms with Crippen LogP contribution < -0.4 is 0 Å². The monoisotopic (exact) mass is 430 g/mol. The molecule has 2 rings (SSSR count). The highest BCUT2D eigenvalue weighted by Crippen LogP contribution is 2.23. The average molecular weight is 431 g/mol. The van der Waals surface area contributed by atoms with Crippen LogP contribution >= 0.6 is 11.6 Å². The van der Waals surface area contributed by atoms with Gasteiger partial charge in [0, 0.05) is 29.3 Å². The zero-order valence-corrected chi connectivity index (χ0v) is 16.1. The number of aliphatic hydroxyl groups is 1. The Kier molecular flexibility index (Phi) is 7.21. The number of benzene rings is 2. The Labute approximate surface area is 169 Å². The van der Waals surface area contributed by atoms with Crippen molar-refractivity contribution in [2.45, 2.75) is 25.6 Å². The van der Waals surface area contributed by atoms with Gasteiger partial charge in [-0.05, 0) is 36.6 Å². The smallest absolute Gasteiger partial charge is 0.382 e. The summed E-state index contributed by atoms with van der Waals surface area (Å²) in [7, 11) is 0. The van der Waals surface area contributed by atoms with Crippen LogP contribution in [0.15, 0.2) is 42.5 Å². The molecule has 2 aromatic rings. The van der Waals surface area contributed by atoms with Gasteiger partial charge in [0.1, 0.15) is 0 Å². The van der Waals surface area contributed by atoms with Crippen molar-refractivity contribution in [2.24, 2.45) is 0 Å². The Morgan fingerprint density at radius 1 is 1.24 bits per heavy atom. The Morgan fingerprint density at radius 2 is 1.86 bits per heavy atom. The van der Waals surface area contributed by atoms with E-state index in [-0.39, 0.29) is 24.2 Å². The molecule has 6 nitrogen and oxygen atoms in total. The van der Waals surface area contributed by atoms with Gasteiger partial charge in [0.05, 0.1) is 11.5 Å². The lowest BCUT2D eigenvalue weighted by Crippen LogP contribution is -2.44. The lowest BCUT2D eigenvalue weighted by molar-refractivity contribution is -0.384. The Balaban J connectivity index is 2.30. The number of aliphatic hydroxyl groups excluding tert-OH is 1. The van der Waals surface area contributed by atoms with Gasteiger partial charge >= 0.3 is 6.18 Å². The van der Waals surface area contributed by atoms with E-state index in [2.05, 4.69) is 0 Å². The first kappa shape index (κ1) is 22.6. The van der Waals surface area contributed by atoms with Crippen molar-refractivity contribution in [1.29, 1.82) is 0 Å². The third kappa shape index (κ3) is 6.16. The number of nitrogens with zero attached hydrogens (tertiary/aromatic N) is 2. The summed E-state index contributed by atoms with van der Waals surface area (Å²) in [4.78, 5) is 24.0. The van der Waals surface area contributed by atoms with Crippen molar-refractivity contribution in [1.82, 2.24) is 4.90 Å². The Bertz CT molecular complexity index is 888. The molecule has 10 heteroatoms. The predicted molar refractivity (Wildman–Crippen MR) is 101 cm³/mol. The number of hydrogen-bond acceptors (Lipinski definition) is 4. The molecule has 1 N–H and O–H groups in total. The van der Waals surface area contributed by atoms with E-state index in [1.54, 1.807) is 24.3 Å². The van der Waals surface area contributed by atoms with E-state index in [0.717, 1.165) is 16.5 Å². The number of nitro groups is 1. The SMILES string of the molecule is Cc1ccc([N+](=O)[O-])cc1C(=O)N(CCc1ccc(Cl)cc1)CC(O)C(F)(F)F. The summed E-state index contributed by atoms with van der Waals surface area (Å²) >= 11 is 5.80. The highest BCUT2D eigenvalue weighted by atomic mass is 35.5. The quantitative estimate of drug-likeness (QED) is 0.528. The third-order valence-electron chi connectivity index (χ3n) is 4.30. The number of carbonyl (C=O) groups is 1. The minimum Gasteiger partial charge on any atom is -0.382 e. The summed E-state index contributed by atoms with van der Waals surface area (Å²) in [6, 6.07) is 10.1. The van der Waals surface area contributed by atoms with Crippen molar-refractivity contribution in [3.8, 4) is 0 Å². The lowest BCUT2D eigenvalue weighted by atomic mass is 10.1. The highest BCUT2D eigenvalue weighted by Gasteiger charge is 2.40. The molecule has 0 bridgehead atoms. The van der Waals surface area contributed by atoms with Crippen LogP contribution in [-0.4, -0.2) is 46.2 Å². The predicted octanol–water partition coefficient (Wildman–Crippen LogP) is 4.16. The number of alkyl halides is 3. The second-order valence-corrected chi connectivity index (χ2v) is 6.88. The van der Waals surface area contributed by atoms with Crippen molar-refractivity contribution >= 4 is 23.2 Å². The van der Waals surface area contributed by atoms with E-state index in [9.17, 15) is 33.2 Å². The number of nitro benzene ring substituents is 1. The molecule has 0 aliphatic carbocycles. The van der Waals surface area contributed by atoms with Crippen LogP contribution in [-0.2, 0) is 6.42 Å². The zero-order chi connectivity index (χ0) is 21.8. The van der Waals surface area contributed by atoms with E-state index in [1.165, 1.54) is 19.1 Å². The summed E-state index contributed by atoms with van der Waals surface area (Å²) in [5, 5.41) is 20.9. The molecule has 0 heterocycles. The van der Waals surface area contributed by atoms with Crippen LogP contribution in [0.5, 0.6) is 0 Å². The van der Waals surface area contributed by atoms with E-state index >= 15 is 0 Å². The maximum absolute atomic E-state index is 12.9. The van der Waals surface area contributed by atoms with Crippen molar-refractivity contribution < 1.29 is 28.0 Å². The molecule has 1 atom stereocenters. The first-order valence-corrected chi connectivity index (χ1v) is 8.90. The molecule has 2 aromatic carbocycles. The number of rotatable bonds is 7. The van der Waals surface area contributed by atoms with Gasteiger partial charge in [0.15, 0.2) is 6.10 Å². The van der Waals surface area contributed by atoms with E-state index in [1.807, 2.05) is 0 Å². The van der Waals surface area contributed by atoms with Crippen molar-refractivity contribution in [3.05, 3.63) is 74.3 Å². The molecule has 29 heavy (non-hydrogen) atoms. The molecule has 0 spiro atoms. The molecular weight excluding hydrogens is 413 g/mol. The fraction of sp³-hybridized carbons (Fsp3) is 0.316. The molecule has 0 aliphatic rings. The molecule has 0 saturated carbocycles. The number of amides is 1. The standard InChI is InChI=1S/C19H18ClF3N2O4/c1-12-2-7-15(25(28)29)10-16(12)18(27)24(11-17(26)19(21,22)23)9-8-13-3-5-14(20)6-4-13/h2-7,10,17,26H,8-9,11H2,1H3. The normalized spacial score (nSPS) is 12.5. The first-order chi connectivity index (χ1) is 13.5. The molecule has 0 radical (unpaired) electrons. The van der Waals surface area contributed by atoms with Gasteiger partial charge < -0.3 is 10.0 Å². The van der Waals surface area contributed by atoms with Gasteiger partial charge in [-0.2, -0.15) is 13.2 Å². The summed E-state index contributed by atoms with van der Waals surface area (Å²) in [6.45, 7) is 0.405. The maximum Gasteiger partial charge on any atom is 0.416 e. The lowest BCUT2D eigenvalue weighted by Gasteiger charge is -2.27. The molecule has 0 aromatic heterocycles. The number of aryl methyl sites for hydroxylation is 1. The van der Waals surface area contributed by atoms with Gasteiger partial charge in [0.2, 0.25) is 0 Å². The summed E-state index contributed by atoms with van der Waals surface area (Å²) in [6.07, 6.45) is -7.44. The largest absolute Gasteiger partial charge is 0.416 e. The van der Waals surface area contributed by atoms with Gasteiger partial charge in [-0.3, -0.25) is 14.9 Å². The molecule has 0 aliphatic heterocycles. The van der Waals surface area contributed by atoms with Gasteiger partial charge in [-0.1, -0.05) is 29.8 Å². The fourth-order valence-electron chi connectivity index (χ4n) is 2.63. The van der Waals surface area contributed by atoms with Crippen LogP contribution in [0.3, 0.4) is 0 Å². The summed E-state index contributed by atoms with van der Waals surface area (Å²) < 4.78 is 38.5. The van der Waals surface area contributed by atoms with E-state index in [4.69, 9.17) is 11.6 Å². The first-order valence-electron chi connectivity index (χ1n) is 8.52. The molecule has 1 amide bonds. The van der Waals surface area contributed by atoms with Crippen molar-refractivity contribution in [2.75, 3.05) is 13.1 Å². The second-order valence-electron chi connectivity index (χ2n) is 6.44. The molecule has 0 fully saturated rings. The maximum atomic E-state index is 12.9. The Hall–Kier alpha value is -2.65. The number of non-ortho nitro benzene ring substituents is 1. The fourth-order valence-corrected chi connectivity index (χ4v) is 2.75. The van der Waals surface area contributed by atoms with Crippen LogP contribution in [0.1, 0.15) is 21.5 Å². The van der Waals surface area contributed by atoms with E-state index in [0.29, 0.717) is 10.6 Å². The van der Waals surface area contributed by atoms with Gasteiger partial charge in [0.25, 0.3) is 11.6 Å². The molecular formula is C19H18ClF3N2O4. The van der Waals surface area contributed by atoms with Crippen LogP contribution in [0.25, 0.3) is 0 Å². The molecule has 156 valence electrons. The van der Waals surface area contributed by atoms with Crippen LogP contribution in [0, 0.1) is 17.0 Å². The second kappa shape index (κ2) is 9.23. The topological polar surface area (TPSA) is 83.7 Å². The van der Waals surface area contributed by atoms with Crippen LogP contribution in [0.4, 0.5) is 18.9 Å². The number of halogens is 4. The molecule has 0 saturated heterocycles. The molecule has 1 unspecified atom stereocenters. The minimum atomic E-state index is -4.91. The van der Waals surface area contributed by atoms with E-state index < -0.39 is 29.7 Å². The minimum absolute atomic E-state index is 0.0929. The number of carbonyl (C=O) groups excluding carboxylic acids is 1. The third-order valence-corrected chi connectivity index (χ3v) is 4.56. The van der Waals surface area contributed by atoms with Gasteiger partial charge in [-0.25, -0.2) is 0 Å². The Morgan fingerprint density at radius 3 is 2.41 bits per heavy atom. The summed E-state index contributed by atoms with van der Waals surface area (Å²) in [5.41, 5.74) is 0.653. The zero-order valence-electron chi connectivity index (χ0n) is 15.3. The summed E-state index contributed by atoms with van der Waals surface area (Å²) in [5.74, 6) is -0.830. The van der Waals surface area contributed by atoms with Crippen molar-refractivity contribution in [3.63, 3.8) is 0 Å². The number of hydrogen-bond donors (Lipinski definition) is 1. The highest BCUT2D eigenvalue weighted by molar-refractivity contribution is 6.30. The van der Waals surface area contributed by atoms with Crippen LogP contribution in [0.2, 0.25) is 5.02 Å². The van der Waals surface area contributed by atoms with Gasteiger partial charge in [-0.15, -0.1) is 0 Å².